The van der Waals surface area contributed by atoms with Crippen molar-refractivity contribution >= 4 is 17.5 Å². The third-order valence-corrected chi connectivity index (χ3v) is 4.60. The van der Waals surface area contributed by atoms with Gasteiger partial charge in [0, 0.05) is 44.3 Å². The molecule has 1 N–H and O–H groups in total. The van der Waals surface area contributed by atoms with Crippen molar-refractivity contribution in [3.8, 4) is 0 Å². The van der Waals surface area contributed by atoms with Crippen LogP contribution in [0.1, 0.15) is 27.0 Å². The summed E-state index contributed by atoms with van der Waals surface area (Å²) in [6.45, 7) is 9.50. The van der Waals surface area contributed by atoms with Crippen LogP contribution in [0.5, 0.6) is 0 Å². The molecule has 2 aromatic rings. The maximum Gasteiger partial charge on any atom is 0.257 e. The van der Waals surface area contributed by atoms with Crippen LogP contribution in [0.2, 0.25) is 0 Å². The van der Waals surface area contributed by atoms with E-state index >= 15 is 0 Å². The van der Waals surface area contributed by atoms with Gasteiger partial charge >= 0.3 is 0 Å². The fraction of sp³-hybridized carbons (Fsp3) is 0.421. The van der Waals surface area contributed by atoms with Gasteiger partial charge in [-0.25, -0.2) is 9.97 Å². The van der Waals surface area contributed by atoms with Gasteiger partial charge in [-0.2, -0.15) is 0 Å². The third kappa shape index (κ3) is 3.96. The molecule has 1 aromatic carbocycles. The largest absolute Gasteiger partial charge is 0.336 e. The van der Waals surface area contributed by atoms with Gasteiger partial charge in [0.1, 0.15) is 0 Å². The SMILES string of the molecule is Cc1cc(C)c(Nc2ncc(C(=O)N3CCN(C)CC3)cn2)c(C)c1. The van der Waals surface area contributed by atoms with Gasteiger partial charge in [-0.3, -0.25) is 4.79 Å². The number of benzene rings is 1. The molecule has 1 fully saturated rings. The highest BCUT2D eigenvalue weighted by atomic mass is 16.2. The number of piperazine rings is 1. The summed E-state index contributed by atoms with van der Waals surface area (Å²) in [7, 11) is 2.07. The van der Waals surface area contributed by atoms with Gasteiger partial charge in [0.05, 0.1) is 5.56 Å². The molecule has 0 aliphatic carbocycles. The van der Waals surface area contributed by atoms with Gasteiger partial charge in [-0.1, -0.05) is 17.7 Å². The van der Waals surface area contributed by atoms with E-state index in [-0.39, 0.29) is 5.91 Å². The van der Waals surface area contributed by atoms with Crippen LogP contribution in [0.3, 0.4) is 0 Å². The Morgan fingerprint density at radius 3 is 2.12 bits per heavy atom. The van der Waals surface area contributed by atoms with Gasteiger partial charge < -0.3 is 15.1 Å². The second-order valence-electron chi connectivity index (χ2n) is 6.79. The zero-order chi connectivity index (χ0) is 18.0. The second kappa shape index (κ2) is 7.19. The number of nitrogens with zero attached hydrogens (tertiary/aromatic N) is 4. The minimum absolute atomic E-state index is 0.00217. The lowest BCUT2D eigenvalue weighted by molar-refractivity contribution is 0.0663. The third-order valence-electron chi connectivity index (χ3n) is 4.60. The molecule has 2 heterocycles. The molecule has 25 heavy (non-hydrogen) atoms. The lowest BCUT2D eigenvalue weighted by Gasteiger charge is -2.32. The summed E-state index contributed by atoms with van der Waals surface area (Å²) in [6.07, 6.45) is 3.21. The summed E-state index contributed by atoms with van der Waals surface area (Å²) >= 11 is 0. The van der Waals surface area contributed by atoms with Crippen molar-refractivity contribution in [3.63, 3.8) is 0 Å². The first-order valence-electron chi connectivity index (χ1n) is 8.59. The normalized spacial score (nSPS) is 15.3. The van der Waals surface area contributed by atoms with Crippen molar-refractivity contribution in [3.05, 3.63) is 46.8 Å². The molecule has 1 aromatic heterocycles. The fourth-order valence-corrected chi connectivity index (χ4v) is 3.18. The minimum Gasteiger partial charge on any atom is -0.336 e. The van der Waals surface area contributed by atoms with Crippen molar-refractivity contribution < 1.29 is 4.79 Å². The quantitative estimate of drug-likeness (QED) is 0.931. The average Bonchev–Trinajstić information content (AvgIpc) is 2.59. The summed E-state index contributed by atoms with van der Waals surface area (Å²) in [4.78, 5) is 25.3. The first-order chi connectivity index (χ1) is 11.9. The summed E-state index contributed by atoms with van der Waals surface area (Å²) in [5.41, 5.74) is 5.09. The van der Waals surface area contributed by atoms with E-state index in [2.05, 4.69) is 60.1 Å². The molecule has 0 bridgehead atoms. The zero-order valence-corrected chi connectivity index (χ0v) is 15.3. The van der Waals surface area contributed by atoms with Crippen molar-refractivity contribution in [2.24, 2.45) is 0 Å². The topological polar surface area (TPSA) is 61.4 Å². The summed E-state index contributed by atoms with van der Waals surface area (Å²) in [6, 6.07) is 4.25. The molecule has 1 aliphatic heterocycles. The zero-order valence-electron chi connectivity index (χ0n) is 15.3. The monoisotopic (exact) mass is 339 g/mol. The van der Waals surface area contributed by atoms with Crippen LogP contribution in [0, 0.1) is 20.8 Å². The van der Waals surface area contributed by atoms with E-state index in [0.717, 1.165) is 43.0 Å². The number of carbonyl (C=O) groups is 1. The average molecular weight is 339 g/mol. The molecular formula is C19H25N5O. The van der Waals surface area contributed by atoms with Crippen LogP contribution in [-0.4, -0.2) is 58.9 Å². The summed E-state index contributed by atoms with van der Waals surface area (Å²) in [5.74, 6) is 0.507. The van der Waals surface area contributed by atoms with Gasteiger partial charge in [0.25, 0.3) is 5.91 Å². The predicted octanol–water partition coefficient (Wildman–Crippen LogP) is 2.53. The fourth-order valence-electron chi connectivity index (χ4n) is 3.18. The number of hydrogen-bond acceptors (Lipinski definition) is 5. The van der Waals surface area contributed by atoms with Crippen LogP contribution < -0.4 is 5.32 Å². The van der Waals surface area contributed by atoms with Crippen LogP contribution in [0.4, 0.5) is 11.6 Å². The molecule has 6 nitrogen and oxygen atoms in total. The number of rotatable bonds is 3. The number of likely N-dealkylation sites (N-methyl/N-ethyl adjacent to an activating group) is 1. The van der Waals surface area contributed by atoms with E-state index in [1.807, 2.05) is 4.90 Å². The van der Waals surface area contributed by atoms with Crippen molar-refractivity contribution in [2.45, 2.75) is 20.8 Å². The van der Waals surface area contributed by atoms with Gasteiger partial charge in [-0.15, -0.1) is 0 Å². The van der Waals surface area contributed by atoms with Crippen LogP contribution >= 0.6 is 0 Å². The second-order valence-corrected chi connectivity index (χ2v) is 6.79. The molecule has 3 rings (SSSR count). The van der Waals surface area contributed by atoms with Crippen molar-refractivity contribution in [2.75, 3.05) is 38.5 Å². The number of hydrogen-bond donors (Lipinski definition) is 1. The number of aromatic nitrogens is 2. The van der Waals surface area contributed by atoms with E-state index in [0.29, 0.717) is 11.5 Å². The van der Waals surface area contributed by atoms with Gasteiger partial charge in [0.15, 0.2) is 0 Å². The van der Waals surface area contributed by atoms with Crippen LogP contribution in [-0.2, 0) is 0 Å². The number of anilines is 2. The molecule has 132 valence electrons. The molecule has 0 spiro atoms. The molecule has 6 heteroatoms. The Kier molecular flexibility index (Phi) is 4.99. The van der Waals surface area contributed by atoms with E-state index in [1.54, 1.807) is 12.4 Å². The summed E-state index contributed by atoms with van der Waals surface area (Å²) in [5, 5.41) is 3.27. The Morgan fingerprint density at radius 1 is 1.00 bits per heavy atom. The smallest absolute Gasteiger partial charge is 0.257 e. The van der Waals surface area contributed by atoms with Crippen molar-refractivity contribution in [1.29, 1.82) is 0 Å². The first-order valence-corrected chi connectivity index (χ1v) is 8.59. The number of nitrogens with one attached hydrogen (secondary N) is 1. The molecule has 0 saturated carbocycles. The number of amides is 1. The van der Waals surface area contributed by atoms with E-state index in [1.165, 1.54) is 5.56 Å². The minimum atomic E-state index is 0.00217. The standard InChI is InChI=1S/C19H25N5O/c1-13-9-14(2)17(15(3)10-13)22-19-20-11-16(12-21-19)18(25)24-7-5-23(4)6-8-24/h9-12H,5-8H2,1-4H3,(H,20,21,22). The first kappa shape index (κ1) is 17.4. The Labute approximate surface area is 148 Å². The molecule has 1 aliphatic rings. The van der Waals surface area contributed by atoms with Crippen LogP contribution in [0.15, 0.2) is 24.5 Å². The van der Waals surface area contributed by atoms with E-state index in [4.69, 9.17) is 0 Å². The highest BCUT2D eigenvalue weighted by molar-refractivity contribution is 5.93. The van der Waals surface area contributed by atoms with E-state index in [9.17, 15) is 4.79 Å². The lowest BCUT2D eigenvalue weighted by Crippen LogP contribution is -2.47. The Balaban J connectivity index is 1.71. The molecule has 0 unspecified atom stereocenters. The summed E-state index contributed by atoms with van der Waals surface area (Å²) < 4.78 is 0. The predicted molar refractivity (Wildman–Crippen MR) is 99.4 cm³/mol. The maximum absolute atomic E-state index is 12.5. The molecule has 1 amide bonds. The number of carbonyl (C=O) groups excluding carboxylic acids is 1. The van der Waals surface area contributed by atoms with Crippen LogP contribution in [0.25, 0.3) is 0 Å². The van der Waals surface area contributed by atoms with Crippen molar-refractivity contribution in [1.82, 2.24) is 19.8 Å². The highest BCUT2D eigenvalue weighted by Crippen LogP contribution is 2.24. The molecule has 0 radical (unpaired) electrons. The maximum atomic E-state index is 12.5. The molecular weight excluding hydrogens is 314 g/mol. The van der Waals surface area contributed by atoms with E-state index < -0.39 is 0 Å². The molecule has 0 atom stereocenters. The Hall–Kier alpha value is -2.47. The highest BCUT2D eigenvalue weighted by Gasteiger charge is 2.20. The lowest BCUT2D eigenvalue weighted by atomic mass is 10.1. The number of aryl methyl sites for hydroxylation is 3. The van der Waals surface area contributed by atoms with Gasteiger partial charge in [0.2, 0.25) is 5.95 Å². The molecule has 1 saturated heterocycles. The Morgan fingerprint density at radius 2 is 1.56 bits per heavy atom. The van der Waals surface area contributed by atoms with Gasteiger partial charge in [-0.05, 0) is 38.9 Å². The Bertz CT molecular complexity index is 741.